The normalized spacial score (nSPS) is 10.9. The van der Waals surface area contributed by atoms with Crippen LogP contribution in [0.5, 0.6) is 46.0 Å². The van der Waals surface area contributed by atoms with Crippen LogP contribution in [-0.4, -0.2) is 56.9 Å². The van der Waals surface area contributed by atoms with E-state index in [4.69, 9.17) is 37.9 Å². The van der Waals surface area contributed by atoms with E-state index >= 15 is 0 Å². The van der Waals surface area contributed by atoms with Crippen LogP contribution < -0.4 is 37.9 Å². The van der Waals surface area contributed by atoms with Crippen molar-refractivity contribution in [3.05, 3.63) is 58.7 Å². The fourth-order valence-electron chi connectivity index (χ4n) is 3.97. The highest BCUT2D eigenvalue weighted by Crippen LogP contribution is 2.40. The van der Waals surface area contributed by atoms with E-state index in [-0.39, 0.29) is 0 Å². The quantitative estimate of drug-likeness (QED) is 0.264. The first kappa shape index (κ1) is 28.1. The molecule has 0 heterocycles. The maximum atomic E-state index is 5.69. The summed E-state index contributed by atoms with van der Waals surface area (Å²) >= 11 is 0. The van der Waals surface area contributed by atoms with Gasteiger partial charge in [0, 0.05) is 11.1 Å². The average Bonchev–Trinajstić information content (AvgIpc) is 2.97. The van der Waals surface area contributed by atoms with E-state index in [9.17, 15) is 0 Å². The molecule has 0 atom stereocenters. The summed E-state index contributed by atoms with van der Waals surface area (Å²) in [4.78, 5) is 0. The number of hydrogen-bond acceptors (Lipinski definition) is 8. The lowest BCUT2D eigenvalue weighted by atomic mass is 10.0. The van der Waals surface area contributed by atoms with Crippen molar-refractivity contribution in [3.63, 3.8) is 0 Å². The second kappa shape index (κ2) is 13.2. The molecule has 0 saturated heterocycles. The Labute approximate surface area is 223 Å². The molecular formula is C30H34O8. The third-order valence-electron chi connectivity index (χ3n) is 5.87. The minimum absolute atomic E-state index is 0.537. The van der Waals surface area contributed by atoms with Gasteiger partial charge in [0.1, 0.15) is 11.5 Å². The molecule has 3 rings (SSSR count). The standard InChI is InChI=1S/C30H34O8/c1-31-23-17-22(12-10-20-15-27(35-5)30(38-8)28(16-20)36-6)24(32-2)18-21(23)11-9-19-13-25(33-3)29(37-7)26(14-19)34-4/h9-18H,1-8H3/b11-9+,12-10+. The second-order valence-corrected chi connectivity index (χ2v) is 7.92. The zero-order valence-corrected chi connectivity index (χ0v) is 23.0. The van der Waals surface area contributed by atoms with Gasteiger partial charge in [-0.1, -0.05) is 24.3 Å². The maximum Gasteiger partial charge on any atom is 0.203 e. The first-order valence-corrected chi connectivity index (χ1v) is 11.7. The van der Waals surface area contributed by atoms with E-state index in [1.54, 1.807) is 56.9 Å². The zero-order valence-electron chi connectivity index (χ0n) is 23.0. The second-order valence-electron chi connectivity index (χ2n) is 7.92. The fraction of sp³-hybridized carbons (Fsp3) is 0.267. The Kier molecular flexibility index (Phi) is 9.76. The van der Waals surface area contributed by atoms with Crippen LogP contribution in [0.2, 0.25) is 0 Å². The molecule has 3 aromatic rings. The van der Waals surface area contributed by atoms with E-state index in [0.717, 1.165) is 22.3 Å². The van der Waals surface area contributed by atoms with E-state index in [2.05, 4.69) is 0 Å². The molecule has 0 aliphatic carbocycles. The van der Waals surface area contributed by atoms with Crippen molar-refractivity contribution in [2.75, 3.05) is 56.9 Å². The van der Waals surface area contributed by atoms with Crippen molar-refractivity contribution < 1.29 is 37.9 Å². The van der Waals surface area contributed by atoms with Gasteiger partial charge in [-0.2, -0.15) is 0 Å². The van der Waals surface area contributed by atoms with Crippen LogP contribution in [0.1, 0.15) is 22.3 Å². The molecule has 0 spiro atoms. The molecule has 38 heavy (non-hydrogen) atoms. The SMILES string of the molecule is COc1cc(/C=C/c2cc(OC)c(OC)c(OC)c2)c(OC)cc1/C=C/c1cc(OC)c(OC)c(OC)c1. The summed E-state index contributed by atoms with van der Waals surface area (Å²) in [6, 6.07) is 11.3. The number of rotatable bonds is 12. The van der Waals surface area contributed by atoms with Crippen molar-refractivity contribution >= 4 is 24.3 Å². The summed E-state index contributed by atoms with van der Waals surface area (Å²) in [5, 5.41) is 0. The Morgan fingerprint density at radius 3 is 0.868 bits per heavy atom. The van der Waals surface area contributed by atoms with Crippen LogP contribution in [0.3, 0.4) is 0 Å². The van der Waals surface area contributed by atoms with Crippen LogP contribution in [0.15, 0.2) is 36.4 Å². The number of benzene rings is 3. The Bertz CT molecular complexity index is 1160. The van der Waals surface area contributed by atoms with Gasteiger partial charge in [0.25, 0.3) is 0 Å². The lowest BCUT2D eigenvalue weighted by Crippen LogP contribution is -1.96. The molecule has 0 aliphatic rings. The Morgan fingerprint density at radius 1 is 0.342 bits per heavy atom. The van der Waals surface area contributed by atoms with Crippen molar-refractivity contribution in [3.8, 4) is 46.0 Å². The molecule has 0 aliphatic heterocycles. The molecule has 3 aromatic carbocycles. The lowest BCUT2D eigenvalue weighted by molar-refractivity contribution is 0.324. The number of hydrogen-bond donors (Lipinski definition) is 0. The molecule has 8 heteroatoms. The van der Waals surface area contributed by atoms with Crippen LogP contribution in [0.25, 0.3) is 24.3 Å². The summed E-state index contributed by atoms with van der Waals surface area (Å²) in [5.41, 5.74) is 3.41. The zero-order chi connectivity index (χ0) is 27.7. The highest BCUT2D eigenvalue weighted by Gasteiger charge is 2.14. The number of methoxy groups -OCH3 is 8. The minimum Gasteiger partial charge on any atom is -0.496 e. The first-order chi connectivity index (χ1) is 18.5. The number of ether oxygens (including phenoxy) is 8. The maximum absolute atomic E-state index is 5.69. The molecule has 0 unspecified atom stereocenters. The van der Waals surface area contributed by atoms with Crippen LogP contribution in [0.4, 0.5) is 0 Å². The summed E-state index contributed by atoms with van der Waals surface area (Å²) in [7, 11) is 12.8. The van der Waals surface area contributed by atoms with Gasteiger partial charge in [-0.25, -0.2) is 0 Å². The molecule has 0 fully saturated rings. The molecule has 0 aromatic heterocycles. The monoisotopic (exact) mass is 522 g/mol. The molecule has 0 N–H and O–H groups in total. The van der Waals surface area contributed by atoms with Gasteiger partial charge in [-0.3, -0.25) is 0 Å². The van der Waals surface area contributed by atoms with Gasteiger partial charge in [-0.05, 0) is 47.5 Å². The van der Waals surface area contributed by atoms with Crippen LogP contribution in [0, 0.1) is 0 Å². The smallest absolute Gasteiger partial charge is 0.203 e. The third kappa shape index (κ3) is 6.08. The van der Waals surface area contributed by atoms with E-state index in [1.807, 2.05) is 60.7 Å². The molecular weight excluding hydrogens is 488 g/mol. The predicted octanol–water partition coefficient (Wildman–Crippen LogP) is 6.10. The van der Waals surface area contributed by atoms with E-state index < -0.39 is 0 Å². The Morgan fingerprint density at radius 2 is 0.632 bits per heavy atom. The fourth-order valence-corrected chi connectivity index (χ4v) is 3.97. The van der Waals surface area contributed by atoms with Gasteiger partial charge in [0.15, 0.2) is 23.0 Å². The van der Waals surface area contributed by atoms with Gasteiger partial charge < -0.3 is 37.9 Å². The van der Waals surface area contributed by atoms with Gasteiger partial charge in [-0.15, -0.1) is 0 Å². The first-order valence-electron chi connectivity index (χ1n) is 11.7. The minimum atomic E-state index is 0.537. The van der Waals surface area contributed by atoms with E-state index in [1.165, 1.54) is 0 Å². The highest BCUT2D eigenvalue weighted by atomic mass is 16.5. The van der Waals surface area contributed by atoms with Crippen LogP contribution in [-0.2, 0) is 0 Å². The summed E-state index contributed by atoms with van der Waals surface area (Å²) in [6.07, 6.45) is 7.75. The molecule has 0 bridgehead atoms. The van der Waals surface area contributed by atoms with Gasteiger partial charge in [0.05, 0.1) is 56.9 Å². The van der Waals surface area contributed by atoms with Gasteiger partial charge >= 0.3 is 0 Å². The molecule has 0 saturated carbocycles. The van der Waals surface area contributed by atoms with Crippen molar-refractivity contribution in [1.82, 2.24) is 0 Å². The average molecular weight is 523 g/mol. The van der Waals surface area contributed by atoms with Gasteiger partial charge in [0.2, 0.25) is 11.5 Å². The lowest BCUT2D eigenvalue weighted by Gasteiger charge is -2.14. The largest absolute Gasteiger partial charge is 0.496 e. The van der Waals surface area contributed by atoms with Crippen molar-refractivity contribution in [2.24, 2.45) is 0 Å². The molecule has 0 radical (unpaired) electrons. The van der Waals surface area contributed by atoms with Crippen LogP contribution >= 0.6 is 0 Å². The Balaban J connectivity index is 1.99. The summed E-state index contributed by atoms with van der Waals surface area (Å²) in [6.45, 7) is 0. The third-order valence-corrected chi connectivity index (χ3v) is 5.87. The van der Waals surface area contributed by atoms with E-state index in [0.29, 0.717) is 46.0 Å². The Hall–Kier alpha value is -4.46. The molecule has 8 nitrogen and oxygen atoms in total. The molecule has 0 amide bonds. The van der Waals surface area contributed by atoms with Crippen molar-refractivity contribution in [2.45, 2.75) is 0 Å². The summed E-state index contributed by atoms with van der Waals surface area (Å²) in [5.74, 6) is 4.72. The topological polar surface area (TPSA) is 73.8 Å². The highest BCUT2D eigenvalue weighted by molar-refractivity contribution is 5.80. The predicted molar refractivity (Wildman–Crippen MR) is 150 cm³/mol. The molecule has 202 valence electrons. The van der Waals surface area contributed by atoms with Crippen molar-refractivity contribution in [1.29, 1.82) is 0 Å². The summed E-state index contributed by atoms with van der Waals surface area (Å²) < 4.78 is 44.0.